The zero-order chi connectivity index (χ0) is 12.3. The van der Waals surface area contributed by atoms with Gasteiger partial charge < -0.3 is 10.6 Å². The van der Waals surface area contributed by atoms with Gasteiger partial charge in [0.25, 0.3) is 0 Å². The first kappa shape index (κ1) is 11.8. The van der Waals surface area contributed by atoms with Gasteiger partial charge in [0.1, 0.15) is 5.82 Å². The highest BCUT2D eigenvalue weighted by Gasteiger charge is 2.21. The van der Waals surface area contributed by atoms with Crippen molar-refractivity contribution in [3.05, 3.63) is 47.9 Å². The van der Waals surface area contributed by atoms with E-state index in [1.54, 1.807) is 23.2 Å². The van der Waals surface area contributed by atoms with Crippen LogP contribution in [0.3, 0.4) is 0 Å². The van der Waals surface area contributed by atoms with Gasteiger partial charge in [0.15, 0.2) is 0 Å². The molecule has 2 rings (SSSR count). The second-order valence-electron chi connectivity index (χ2n) is 4.14. The van der Waals surface area contributed by atoms with Crippen molar-refractivity contribution >= 4 is 5.91 Å². The lowest BCUT2D eigenvalue weighted by Crippen LogP contribution is -2.41. The number of rotatable bonds is 3. The average molecular weight is 234 g/mol. The maximum absolute atomic E-state index is 12.7. The number of nitrogens with zero attached hydrogens (tertiary/aromatic N) is 1. The molecular weight excluding hydrogens is 219 g/mol. The minimum atomic E-state index is -0.566. The van der Waals surface area contributed by atoms with Gasteiger partial charge >= 0.3 is 0 Å². The third-order valence-corrected chi connectivity index (χ3v) is 2.79. The zero-order valence-electron chi connectivity index (χ0n) is 9.47. The van der Waals surface area contributed by atoms with E-state index >= 15 is 0 Å². The summed E-state index contributed by atoms with van der Waals surface area (Å²) < 4.78 is 12.7. The summed E-state index contributed by atoms with van der Waals surface area (Å²) in [5.41, 5.74) is 6.72. The SMILES string of the molecule is N[C@H](Cc1ccc(F)cc1)C(=O)N1C=CCC1. The van der Waals surface area contributed by atoms with Crippen LogP contribution < -0.4 is 5.73 Å². The molecular formula is C13H15FN2O. The van der Waals surface area contributed by atoms with E-state index in [0.29, 0.717) is 13.0 Å². The fraction of sp³-hybridized carbons (Fsp3) is 0.308. The Kier molecular flexibility index (Phi) is 3.54. The molecule has 0 saturated carbocycles. The lowest BCUT2D eigenvalue weighted by Gasteiger charge is -2.18. The molecule has 0 radical (unpaired) electrons. The Labute approximate surface area is 99.7 Å². The number of halogens is 1. The fourth-order valence-electron chi connectivity index (χ4n) is 1.85. The number of nitrogens with two attached hydrogens (primary N) is 1. The van der Waals surface area contributed by atoms with Crippen molar-refractivity contribution in [1.29, 1.82) is 0 Å². The highest BCUT2D eigenvalue weighted by molar-refractivity contribution is 5.83. The largest absolute Gasteiger partial charge is 0.320 e. The van der Waals surface area contributed by atoms with Crippen molar-refractivity contribution in [2.45, 2.75) is 18.9 Å². The number of hydrogen-bond donors (Lipinski definition) is 1. The molecule has 4 heteroatoms. The number of carbonyl (C=O) groups excluding carboxylic acids is 1. The summed E-state index contributed by atoms with van der Waals surface area (Å²) in [7, 11) is 0. The van der Waals surface area contributed by atoms with E-state index in [4.69, 9.17) is 5.73 Å². The summed E-state index contributed by atoms with van der Waals surface area (Å²) in [4.78, 5) is 13.5. The Morgan fingerprint density at radius 2 is 2.12 bits per heavy atom. The van der Waals surface area contributed by atoms with Gasteiger partial charge in [0, 0.05) is 12.7 Å². The molecule has 1 amide bonds. The first-order valence-electron chi connectivity index (χ1n) is 5.64. The van der Waals surface area contributed by atoms with Crippen LogP contribution in [-0.4, -0.2) is 23.4 Å². The van der Waals surface area contributed by atoms with E-state index in [1.807, 2.05) is 6.08 Å². The van der Waals surface area contributed by atoms with Crippen LogP contribution in [0, 0.1) is 5.82 Å². The van der Waals surface area contributed by atoms with Gasteiger partial charge in [-0.05, 0) is 30.5 Å². The first-order chi connectivity index (χ1) is 8.16. The molecule has 1 aromatic carbocycles. The molecule has 2 N–H and O–H groups in total. The molecule has 0 aromatic heterocycles. The number of carbonyl (C=O) groups is 1. The summed E-state index contributed by atoms with van der Waals surface area (Å²) in [5.74, 6) is -0.362. The quantitative estimate of drug-likeness (QED) is 0.860. The van der Waals surface area contributed by atoms with E-state index in [1.165, 1.54) is 12.1 Å². The van der Waals surface area contributed by atoms with Crippen LogP contribution in [0.5, 0.6) is 0 Å². The number of amides is 1. The van der Waals surface area contributed by atoms with Crippen molar-refractivity contribution in [3.63, 3.8) is 0 Å². The van der Waals surface area contributed by atoms with E-state index in [0.717, 1.165) is 12.0 Å². The molecule has 0 bridgehead atoms. The van der Waals surface area contributed by atoms with Crippen molar-refractivity contribution in [1.82, 2.24) is 4.90 Å². The topological polar surface area (TPSA) is 46.3 Å². The Bertz CT molecular complexity index is 428. The highest BCUT2D eigenvalue weighted by Crippen LogP contribution is 2.10. The summed E-state index contributed by atoms with van der Waals surface area (Å²) >= 11 is 0. The van der Waals surface area contributed by atoms with E-state index in [2.05, 4.69) is 0 Å². The first-order valence-corrected chi connectivity index (χ1v) is 5.64. The zero-order valence-corrected chi connectivity index (χ0v) is 9.47. The molecule has 0 spiro atoms. The van der Waals surface area contributed by atoms with Gasteiger partial charge in [-0.3, -0.25) is 4.79 Å². The van der Waals surface area contributed by atoms with Gasteiger partial charge in [-0.25, -0.2) is 4.39 Å². The van der Waals surface area contributed by atoms with E-state index < -0.39 is 6.04 Å². The van der Waals surface area contributed by atoms with Crippen molar-refractivity contribution in [2.75, 3.05) is 6.54 Å². The molecule has 90 valence electrons. The standard InChI is InChI=1S/C13H15FN2O/c14-11-5-3-10(4-6-11)9-12(15)13(17)16-7-1-2-8-16/h1,3-7,12H,2,8-9,15H2/t12-/m1/s1. The second-order valence-corrected chi connectivity index (χ2v) is 4.14. The molecule has 0 aliphatic carbocycles. The third kappa shape index (κ3) is 2.91. The smallest absolute Gasteiger partial charge is 0.243 e. The van der Waals surface area contributed by atoms with Gasteiger partial charge in [0.05, 0.1) is 6.04 Å². The summed E-state index contributed by atoms with van der Waals surface area (Å²) in [6, 6.07) is 5.50. The Balaban J connectivity index is 1.96. The summed E-state index contributed by atoms with van der Waals surface area (Å²) in [5, 5.41) is 0. The monoisotopic (exact) mass is 234 g/mol. The normalized spacial score (nSPS) is 16.2. The Morgan fingerprint density at radius 3 is 2.71 bits per heavy atom. The molecule has 0 unspecified atom stereocenters. The van der Waals surface area contributed by atoms with Crippen LogP contribution in [-0.2, 0) is 11.2 Å². The Hall–Kier alpha value is -1.68. The van der Waals surface area contributed by atoms with Gasteiger partial charge in [-0.2, -0.15) is 0 Å². The maximum Gasteiger partial charge on any atom is 0.243 e. The van der Waals surface area contributed by atoms with E-state index in [-0.39, 0.29) is 11.7 Å². The molecule has 0 saturated heterocycles. The van der Waals surface area contributed by atoms with Crippen LogP contribution in [0.25, 0.3) is 0 Å². The van der Waals surface area contributed by atoms with Crippen LogP contribution >= 0.6 is 0 Å². The van der Waals surface area contributed by atoms with Crippen molar-refractivity contribution in [3.8, 4) is 0 Å². The maximum atomic E-state index is 12.7. The molecule has 1 aliphatic rings. The van der Waals surface area contributed by atoms with Crippen molar-refractivity contribution < 1.29 is 9.18 Å². The Morgan fingerprint density at radius 1 is 1.41 bits per heavy atom. The minimum Gasteiger partial charge on any atom is -0.320 e. The molecule has 1 aromatic rings. The van der Waals surface area contributed by atoms with Gasteiger partial charge in [0.2, 0.25) is 5.91 Å². The summed E-state index contributed by atoms with van der Waals surface area (Å²) in [6.07, 6.45) is 5.04. The molecule has 1 heterocycles. The minimum absolute atomic E-state index is 0.0805. The molecule has 1 atom stereocenters. The van der Waals surface area contributed by atoms with Crippen molar-refractivity contribution in [2.24, 2.45) is 5.73 Å². The highest BCUT2D eigenvalue weighted by atomic mass is 19.1. The third-order valence-electron chi connectivity index (χ3n) is 2.79. The molecule has 1 aliphatic heterocycles. The number of hydrogen-bond acceptors (Lipinski definition) is 2. The number of benzene rings is 1. The van der Waals surface area contributed by atoms with Crippen LogP contribution in [0.2, 0.25) is 0 Å². The molecule has 3 nitrogen and oxygen atoms in total. The van der Waals surface area contributed by atoms with Gasteiger partial charge in [-0.1, -0.05) is 18.2 Å². The predicted molar refractivity (Wildman–Crippen MR) is 63.5 cm³/mol. The second kappa shape index (κ2) is 5.10. The molecule has 17 heavy (non-hydrogen) atoms. The van der Waals surface area contributed by atoms with Gasteiger partial charge in [-0.15, -0.1) is 0 Å². The van der Waals surface area contributed by atoms with E-state index in [9.17, 15) is 9.18 Å². The van der Waals surface area contributed by atoms with Crippen LogP contribution in [0.4, 0.5) is 4.39 Å². The van der Waals surface area contributed by atoms with Crippen LogP contribution in [0.1, 0.15) is 12.0 Å². The lowest BCUT2D eigenvalue weighted by molar-refractivity contribution is -0.129. The molecule has 0 fully saturated rings. The fourth-order valence-corrected chi connectivity index (χ4v) is 1.85. The summed E-state index contributed by atoms with van der Waals surface area (Å²) in [6.45, 7) is 0.704. The average Bonchev–Trinajstić information content (AvgIpc) is 2.84. The predicted octanol–water partition coefficient (Wildman–Crippen LogP) is 1.44. The lowest BCUT2D eigenvalue weighted by atomic mass is 10.1. The van der Waals surface area contributed by atoms with Crippen LogP contribution in [0.15, 0.2) is 36.5 Å².